The van der Waals surface area contributed by atoms with Crippen LogP contribution >= 0.6 is 0 Å². The summed E-state index contributed by atoms with van der Waals surface area (Å²) < 4.78 is 13.6. The fourth-order valence-electron chi connectivity index (χ4n) is 9.32. The van der Waals surface area contributed by atoms with Gasteiger partial charge in [0.25, 0.3) is 0 Å². The first-order valence-electron chi connectivity index (χ1n) is 20.5. The average molecular weight is 782 g/mol. The molecule has 0 fully saturated rings. The second kappa shape index (κ2) is 14.0. The van der Waals surface area contributed by atoms with E-state index in [0.29, 0.717) is 34.7 Å². The Hall–Kier alpha value is -8.15. The van der Waals surface area contributed by atoms with Crippen LogP contribution in [0.25, 0.3) is 67.2 Å². The van der Waals surface area contributed by atoms with Gasteiger partial charge >= 0.3 is 0 Å². The van der Waals surface area contributed by atoms with Crippen molar-refractivity contribution in [3.8, 4) is 79.4 Å². The number of rotatable bonds is 6. The van der Waals surface area contributed by atoms with Gasteiger partial charge in [0.1, 0.15) is 0 Å². The molecule has 0 bridgehead atoms. The van der Waals surface area contributed by atoms with Crippen molar-refractivity contribution < 1.29 is 9.47 Å². The summed E-state index contributed by atoms with van der Waals surface area (Å²) in [5.74, 6) is 4.65. The van der Waals surface area contributed by atoms with Crippen LogP contribution in [-0.2, 0) is 5.41 Å². The third-order valence-electron chi connectivity index (χ3n) is 12.1. The molecule has 0 N–H and O–H groups in total. The first-order chi connectivity index (χ1) is 30.2. The van der Waals surface area contributed by atoms with Gasteiger partial charge < -0.3 is 9.47 Å². The van der Waals surface area contributed by atoms with Gasteiger partial charge in [-0.2, -0.15) is 0 Å². The van der Waals surface area contributed by atoms with Gasteiger partial charge in [0.2, 0.25) is 0 Å². The van der Waals surface area contributed by atoms with Gasteiger partial charge in [-0.15, -0.1) is 0 Å². The summed E-state index contributed by atoms with van der Waals surface area (Å²) >= 11 is 0. The van der Waals surface area contributed by atoms with Gasteiger partial charge in [0.05, 0.1) is 5.41 Å². The van der Waals surface area contributed by atoms with Crippen LogP contribution in [0.4, 0.5) is 0 Å². The predicted octanol–water partition coefficient (Wildman–Crippen LogP) is 14.0. The number of fused-ring (bicyclic) bond motifs is 7. The summed E-state index contributed by atoms with van der Waals surface area (Å²) in [6.45, 7) is 0. The van der Waals surface area contributed by atoms with Crippen molar-refractivity contribution in [2.45, 2.75) is 5.41 Å². The van der Waals surface area contributed by atoms with Crippen LogP contribution in [-0.4, -0.2) is 15.0 Å². The van der Waals surface area contributed by atoms with Crippen LogP contribution in [0.5, 0.6) is 23.0 Å². The molecule has 0 amide bonds. The quantitative estimate of drug-likeness (QED) is 0.168. The first-order valence-corrected chi connectivity index (χ1v) is 20.5. The van der Waals surface area contributed by atoms with Crippen molar-refractivity contribution in [2.24, 2.45) is 0 Å². The lowest BCUT2D eigenvalue weighted by Gasteiger charge is -2.34. The van der Waals surface area contributed by atoms with E-state index in [1.54, 1.807) is 0 Å². The highest BCUT2D eigenvalue weighted by Gasteiger charge is 2.48. The highest BCUT2D eigenvalue weighted by molar-refractivity contribution is 5.96. The molecule has 0 unspecified atom stereocenters. The number of nitrogens with zero attached hydrogens (tertiary/aromatic N) is 3. The van der Waals surface area contributed by atoms with Gasteiger partial charge in [-0.3, -0.25) is 0 Å². The molecule has 0 radical (unpaired) electrons. The minimum absolute atomic E-state index is 0.523. The summed E-state index contributed by atoms with van der Waals surface area (Å²) in [4.78, 5) is 15.0. The smallest absolute Gasteiger partial charge is 0.178 e. The van der Waals surface area contributed by atoms with Crippen LogP contribution in [0, 0.1) is 0 Å². The maximum absolute atomic E-state index is 6.88. The molecule has 61 heavy (non-hydrogen) atoms. The summed E-state index contributed by atoms with van der Waals surface area (Å²) in [7, 11) is 0. The second-order valence-electron chi connectivity index (χ2n) is 15.5. The Balaban J connectivity index is 0.904. The van der Waals surface area contributed by atoms with E-state index in [-0.39, 0.29) is 0 Å². The largest absolute Gasteiger partial charge is 0.449 e. The third-order valence-corrected chi connectivity index (χ3v) is 12.1. The van der Waals surface area contributed by atoms with Crippen LogP contribution in [0.3, 0.4) is 0 Å². The van der Waals surface area contributed by atoms with Crippen molar-refractivity contribution in [2.75, 3.05) is 0 Å². The summed E-state index contributed by atoms with van der Waals surface area (Å²) in [6.07, 6.45) is 0. The molecule has 5 nitrogen and oxygen atoms in total. The highest BCUT2D eigenvalue weighted by Crippen LogP contribution is 2.62. The average Bonchev–Trinajstić information content (AvgIpc) is 3.65. The van der Waals surface area contributed by atoms with Crippen molar-refractivity contribution in [1.29, 1.82) is 0 Å². The van der Waals surface area contributed by atoms with Crippen LogP contribution in [0.15, 0.2) is 212 Å². The Labute approximate surface area is 353 Å². The standard InChI is InChI=1S/C56H35N3O2/c1-4-16-38(17-5-1)53-57-54(59-55(58-53)44-25-14-18-37-15-10-11-23-43(37)44)39-29-27-36(28-30-39)40-31-33-48-50(35-40)60-49-34-32-47-51(52(49)61-48)45-24-12-13-26-46(45)56(47,41-19-6-2-7-20-41)42-21-8-3-9-22-42/h1-35H. The van der Waals surface area contributed by atoms with E-state index in [1.165, 1.54) is 22.3 Å². The molecule has 2 aliphatic rings. The van der Waals surface area contributed by atoms with Crippen molar-refractivity contribution in [3.05, 3.63) is 235 Å². The van der Waals surface area contributed by atoms with Gasteiger partial charge in [0, 0.05) is 22.3 Å². The molecule has 5 heteroatoms. The molecule has 9 aromatic carbocycles. The molecule has 1 aromatic heterocycles. The molecule has 0 atom stereocenters. The van der Waals surface area contributed by atoms with E-state index in [1.807, 2.05) is 36.4 Å². The van der Waals surface area contributed by atoms with Crippen LogP contribution < -0.4 is 9.47 Å². The van der Waals surface area contributed by atoms with Crippen molar-refractivity contribution in [3.63, 3.8) is 0 Å². The molecule has 0 spiro atoms. The minimum atomic E-state index is -0.523. The fourth-order valence-corrected chi connectivity index (χ4v) is 9.32. The SMILES string of the molecule is c1ccc(-c2nc(-c3ccc(-c4ccc5c(c4)Oc4ccc6c(c4O5)-c4ccccc4C6(c4ccccc4)c4ccccc4)cc3)nc(-c3cccc4ccccc34)n2)cc1. The predicted molar refractivity (Wildman–Crippen MR) is 243 cm³/mol. The number of ether oxygens (including phenoxy) is 2. The van der Waals surface area contributed by atoms with Gasteiger partial charge in [-0.25, -0.2) is 15.0 Å². The monoisotopic (exact) mass is 781 g/mol. The van der Waals surface area contributed by atoms with Crippen molar-refractivity contribution >= 4 is 10.8 Å². The van der Waals surface area contributed by atoms with Crippen LogP contribution in [0.1, 0.15) is 22.3 Å². The summed E-state index contributed by atoms with van der Waals surface area (Å²) in [5.41, 5.74) is 11.3. The molecule has 1 aliphatic heterocycles. The molecule has 2 heterocycles. The van der Waals surface area contributed by atoms with E-state index in [4.69, 9.17) is 24.4 Å². The zero-order valence-corrected chi connectivity index (χ0v) is 32.9. The van der Waals surface area contributed by atoms with E-state index in [9.17, 15) is 0 Å². The van der Waals surface area contributed by atoms with E-state index in [0.717, 1.165) is 55.5 Å². The number of aromatic nitrogens is 3. The number of hydrogen-bond acceptors (Lipinski definition) is 5. The molecular formula is C56H35N3O2. The normalized spacial score (nSPS) is 13.0. The second-order valence-corrected chi connectivity index (χ2v) is 15.5. The lowest BCUT2D eigenvalue weighted by molar-refractivity contribution is 0.360. The topological polar surface area (TPSA) is 57.1 Å². The molecule has 286 valence electrons. The maximum atomic E-state index is 6.88. The van der Waals surface area contributed by atoms with E-state index >= 15 is 0 Å². The summed E-state index contributed by atoms with van der Waals surface area (Å²) in [5, 5.41) is 2.23. The Bertz CT molecular complexity index is 3250. The minimum Gasteiger partial charge on any atom is -0.449 e. The molecule has 0 saturated heterocycles. The van der Waals surface area contributed by atoms with E-state index in [2.05, 4.69) is 176 Å². The molecule has 10 aromatic rings. The van der Waals surface area contributed by atoms with Gasteiger partial charge in [0.15, 0.2) is 40.5 Å². The molecule has 1 aliphatic carbocycles. The Kier molecular flexibility index (Phi) is 8.00. The third kappa shape index (κ3) is 5.59. The Morgan fingerprint density at radius 3 is 1.66 bits per heavy atom. The van der Waals surface area contributed by atoms with Crippen molar-refractivity contribution in [1.82, 2.24) is 15.0 Å². The number of hydrogen-bond donors (Lipinski definition) is 0. The van der Waals surface area contributed by atoms with Gasteiger partial charge in [-0.1, -0.05) is 194 Å². The summed E-state index contributed by atoms with van der Waals surface area (Å²) in [6, 6.07) is 73.7. The van der Waals surface area contributed by atoms with Gasteiger partial charge in [-0.05, 0) is 67.9 Å². The Morgan fingerprint density at radius 1 is 0.344 bits per heavy atom. The Morgan fingerprint density at radius 2 is 0.902 bits per heavy atom. The zero-order valence-electron chi connectivity index (χ0n) is 32.9. The number of benzene rings is 9. The van der Waals surface area contributed by atoms with Crippen LogP contribution in [0.2, 0.25) is 0 Å². The van der Waals surface area contributed by atoms with E-state index < -0.39 is 5.41 Å². The zero-order chi connectivity index (χ0) is 40.3. The molecule has 0 saturated carbocycles. The highest BCUT2D eigenvalue weighted by atomic mass is 16.6. The fraction of sp³-hybridized carbons (Fsp3) is 0.0179. The maximum Gasteiger partial charge on any atom is 0.178 e. The molecule has 12 rings (SSSR count). The lowest BCUT2D eigenvalue weighted by Crippen LogP contribution is -2.28. The lowest BCUT2D eigenvalue weighted by atomic mass is 9.68. The first kappa shape index (κ1) is 34.9. The molecular weight excluding hydrogens is 747 g/mol.